The number of methoxy groups -OCH3 is 1. The largest absolute Gasteiger partial charge is 0.495 e. The van der Waals surface area contributed by atoms with Gasteiger partial charge in [-0.15, -0.1) is 0 Å². The number of ketones is 1. The molecule has 0 spiro atoms. The second-order valence-corrected chi connectivity index (χ2v) is 8.59. The zero-order valence-electron chi connectivity index (χ0n) is 19.4. The van der Waals surface area contributed by atoms with E-state index in [0.29, 0.717) is 27.7 Å². The number of anilines is 2. The van der Waals surface area contributed by atoms with Crippen molar-refractivity contribution in [3.63, 3.8) is 0 Å². The highest BCUT2D eigenvalue weighted by Crippen LogP contribution is 2.35. The third-order valence-corrected chi connectivity index (χ3v) is 5.98. The maximum absolute atomic E-state index is 12.8. The van der Waals surface area contributed by atoms with E-state index in [2.05, 4.69) is 5.32 Å². The molecule has 3 aromatic carbocycles. The van der Waals surface area contributed by atoms with Gasteiger partial charge in [0.25, 0.3) is 0 Å². The van der Waals surface area contributed by atoms with Crippen molar-refractivity contribution in [3.8, 4) is 5.75 Å². The zero-order chi connectivity index (χ0) is 25.7. The molecule has 0 bridgehead atoms. The van der Waals surface area contributed by atoms with E-state index in [9.17, 15) is 19.2 Å². The molecule has 3 aromatic rings. The maximum atomic E-state index is 12.8. The predicted octanol–water partition coefficient (Wildman–Crippen LogP) is 4.38. The van der Waals surface area contributed by atoms with E-state index in [-0.39, 0.29) is 42.7 Å². The van der Waals surface area contributed by atoms with Gasteiger partial charge in [0.2, 0.25) is 11.8 Å². The Kier molecular flexibility index (Phi) is 7.65. The Bertz CT molecular complexity index is 1290. The summed E-state index contributed by atoms with van der Waals surface area (Å²) < 4.78 is 10.4. The van der Waals surface area contributed by atoms with Crippen molar-refractivity contribution in [2.45, 2.75) is 6.42 Å². The molecule has 0 unspecified atom stereocenters. The van der Waals surface area contributed by atoms with Crippen LogP contribution in [0.25, 0.3) is 0 Å². The maximum Gasteiger partial charge on any atom is 0.338 e. The molecule has 1 fully saturated rings. The first kappa shape index (κ1) is 24.9. The number of amides is 2. The van der Waals surface area contributed by atoms with Gasteiger partial charge in [0.05, 0.1) is 24.3 Å². The van der Waals surface area contributed by atoms with Gasteiger partial charge in [-0.2, -0.15) is 0 Å². The summed E-state index contributed by atoms with van der Waals surface area (Å²) in [6.07, 6.45) is 0.0430. The molecule has 2 amide bonds. The van der Waals surface area contributed by atoms with Crippen LogP contribution < -0.4 is 15.0 Å². The van der Waals surface area contributed by atoms with Crippen LogP contribution in [0.2, 0.25) is 5.02 Å². The zero-order valence-corrected chi connectivity index (χ0v) is 20.2. The summed E-state index contributed by atoms with van der Waals surface area (Å²) in [6.45, 7) is -0.188. The topological polar surface area (TPSA) is 102 Å². The number of nitrogens with one attached hydrogen (secondary N) is 1. The second kappa shape index (κ2) is 11.0. The minimum absolute atomic E-state index is 0.0430. The Morgan fingerprint density at radius 2 is 1.72 bits per heavy atom. The fraction of sp³-hybridized carbons (Fsp3) is 0.185. The van der Waals surface area contributed by atoms with Crippen LogP contribution in [0.5, 0.6) is 5.75 Å². The average molecular weight is 507 g/mol. The number of nitrogens with zero attached hydrogens (tertiary/aromatic N) is 1. The molecule has 0 radical (unpaired) electrons. The quantitative estimate of drug-likeness (QED) is 0.359. The highest BCUT2D eigenvalue weighted by atomic mass is 35.5. The number of rotatable bonds is 8. The van der Waals surface area contributed by atoms with Crippen LogP contribution in [0.1, 0.15) is 27.1 Å². The molecule has 1 heterocycles. The molecule has 1 N–H and O–H groups in total. The fourth-order valence-electron chi connectivity index (χ4n) is 3.85. The molecule has 1 saturated heterocycles. The van der Waals surface area contributed by atoms with Gasteiger partial charge in [-0.25, -0.2) is 4.79 Å². The fourth-order valence-corrected chi connectivity index (χ4v) is 4.01. The van der Waals surface area contributed by atoms with Gasteiger partial charge >= 0.3 is 5.97 Å². The summed E-state index contributed by atoms with van der Waals surface area (Å²) in [6, 6.07) is 19.6. The first-order chi connectivity index (χ1) is 17.4. The first-order valence-corrected chi connectivity index (χ1v) is 11.5. The van der Waals surface area contributed by atoms with Crippen molar-refractivity contribution in [1.29, 1.82) is 0 Å². The van der Waals surface area contributed by atoms with Crippen LogP contribution in [0.3, 0.4) is 0 Å². The Morgan fingerprint density at radius 3 is 2.42 bits per heavy atom. The van der Waals surface area contributed by atoms with E-state index < -0.39 is 11.9 Å². The molecule has 0 aromatic heterocycles. The third kappa shape index (κ3) is 5.72. The summed E-state index contributed by atoms with van der Waals surface area (Å²) in [5.41, 5.74) is 1.67. The minimum atomic E-state index is -0.648. The minimum Gasteiger partial charge on any atom is -0.495 e. The lowest BCUT2D eigenvalue weighted by atomic mass is 10.1. The number of ether oxygens (including phenoxy) is 2. The van der Waals surface area contributed by atoms with E-state index in [1.807, 2.05) is 0 Å². The van der Waals surface area contributed by atoms with Gasteiger partial charge in [0.15, 0.2) is 12.4 Å². The Morgan fingerprint density at radius 1 is 1.00 bits per heavy atom. The number of benzene rings is 3. The van der Waals surface area contributed by atoms with Crippen molar-refractivity contribution >= 4 is 46.5 Å². The van der Waals surface area contributed by atoms with Crippen molar-refractivity contribution in [1.82, 2.24) is 0 Å². The van der Waals surface area contributed by atoms with Crippen LogP contribution in [-0.4, -0.2) is 43.8 Å². The summed E-state index contributed by atoms with van der Waals surface area (Å²) in [5.74, 6) is -1.57. The molecule has 1 aliphatic rings. The van der Waals surface area contributed by atoms with Crippen molar-refractivity contribution in [3.05, 3.63) is 88.9 Å². The molecule has 184 valence electrons. The van der Waals surface area contributed by atoms with Crippen LogP contribution >= 0.6 is 11.6 Å². The number of hydrogen-bond donors (Lipinski definition) is 1. The lowest BCUT2D eigenvalue weighted by Crippen LogP contribution is -2.28. The molecular formula is C27H23ClN2O6. The van der Waals surface area contributed by atoms with Crippen LogP contribution in [0.15, 0.2) is 72.8 Å². The van der Waals surface area contributed by atoms with Gasteiger partial charge in [-0.1, -0.05) is 41.9 Å². The summed E-state index contributed by atoms with van der Waals surface area (Å²) >= 11 is 6.08. The predicted molar refractivity (Wildman–Crippen MR) is 135 cm³/mol. The number of Topliss-reactive ketones (excluding diaryl/α,β-unsaturated/α-hetero) is 1. The van der Waals surface area contributed by atoms with Gasteiger partial charge in [0.1, 0.15) is 5.75 Å². The number of halogens is 1. The number of carbonyl (C=O) groups is 4. The van der Waals surface area contributed by atoms with Gasteiger partial charge < -0.3 is 19.7 Å². The molecular weight excluding hydrogens is 484 g/mol. The Balaban J connectivity index is 1.33. The van der Waals surface area contributed by atoms with E-state index in [1.54, 1.807) is 60.7 Å². The number of esters is 1. The van der Waals surface area contributed by atoms with E-state index in [4.69, 9.17) is 21.1 Å². The normalized spacial score (nSPS) is 14.9. The highest BCUT2D eigenvalue weighted by Gasteiger charge is 2.36. The van der Waals surface area contributed by atoms with Crippen molar-refractivity contribution < 1.29 is 28.7 Å². The summed E-state index contributed by atoms with van der Waals surface area (Å²) in [5, 5.41) is 3.23. The smallest absolute Gasteiger partial charge is 0.338 e. The Hall–Kier alpha value is -4.17. The molecule has 0 saturated carbocycles. The molecule has 36 heavy (non-hydrogen) atoms. The van der Waals surface area contributed by atoms with E-state index in [0.717, 1.165) is 0 Å². The SMILES string of the molecule is COc1ccc(Cl)cc1N1C[C@H](C(=O)Nc2ccc(C(=O)OCC(=O)c3ccccc3)cc2)CC1=O. The van der Waals surface area contributed by atoms with Crippen molar-refractivity contribution in [2.75, 3.05) is 30.5 Å². The monoisotopic (exact) mass is 506 g/mol. The molecule has 1 aliphatic heterocycles. The summed E-state index contributed by atoms with van der Waals surface area (Å²) in [7, 11) is 1.50. The average Bonchev–Trinajstić information content (AvgIpc) is 3.29. The summed E-state index contributed by atoms with van der Waals surface area (Å²) in [4.78, 5) is 51.3. The molecule has 9 heteroatoms. The molecule has 1 atom stereocenters. The standard InChI is InChI=1S/C27H23ClN2O6/c1-35-24-12-9-20(28)14-22(24)30-15-19(13-25(30)32)26(33)29-21-10-7-18(8-11-21)27(34)36-16-23(31)17-5-3-2-4-6-17/h2-12,14,19H,13,15-16H2,1H3,(H,29,33)/t19-/m1/s1. The van der Waals surface area contributed by atoms with Crippen LogP contribution in [0.4, 0.5) is 11.4 Å². The van der Waals surface area contributed by atoms with Crippen LogP contribution in [-0.2, 0) is 14.3 Å². The lowest BCUT2D eigenvalue weighted by molar-refractivity contribution is -0.122. The molecule has 8 nitrogen and oxygen atoms in total. The lowest BCUT2D eigenvalue weighted by Gasteiger charge is -2.20. The third-order valence-electron chi connectivity index (χ3n) is 5.75. The van der Waals surface area contributed by atoms with Crippen LogP contribution in [0, 0.1) is 5.92 Å². The number of hydrogen-bond acceptors (Lipinski definition) is 6. The van der Waals surface area contributed by atoms with Gasteiger partial charge in [-0.3, -0.25) is 14.4 Å². The van der Waals surface area contributed by atoms with Gasteiger partial charge in [0, 0.05) is 29.2 Å². The van der Waals surface area contributed by atoms with Gasteiger partial charge in [-0.05, 0) is 42.5 Å². The molecule has 4 rings (SSSR count). The van der Waals surface area contributed by atoms with E-state index >= 15 is 0 Å². The second-order valence-electron chi connectivity index (χ2n) is 8.15. The number of carbonyl (C=O) groups excluding carboxylic acids is 4. The molecule has 0 aliphatic carbocycles. The van der Waals surface area contributed by atoms with E-state index in [1.165, 1.54) is 24.1 Å². The van der Waals surface area contributed by atoms with Crippen molar-refractivity contribution in [2.24, 2.45) is 5.92 Å². The Labute approximate surface area is 212 Å². The highest BCUT2D eigenvalue weighted by molar-refractivity contribution is 6.31. The first-order valence-electron chi connectivity index (χ1n) is 11.2.